The number of allylic oxidation sites excluding steroid dienone is 2. The van der Waals surface area contributed by atoms with Crippen LogP contribution in [0.15, 0.2) is 11.6 Å². The summed E-state index contributed by atoms with van der Waals surface area (Å²) in [5.74, 6) is 3.68. The standard InChI is InChI=1S/C15H22O/c1-4-6-11(2)12-8-9-13-14(16)7-5-10-15(12,13)3/h1,8,11,13-14,16H,5-7,9-10H2,2-3H3/t11-,13-,14-,15+/m0/s1. The Bertz CT molecular complexity index is 336. The summed E-state index contributed by atoms with van der Waals surface area (Å²) in [7, 11) is 0. The van der Waals surface area contributed by atoms with Gasteiger partial charge in [0.05, 0.1) is 6.10 Å². The molecule has 0 spiro atoms. The molecule has 1 fully saturated rings. The number of fused-ring (bicyclic) bond motifs is 1. The second kappa shape index (κ2) is 4.26. The van der Waals surface area contributed by atoms with E-state index in [4.69, 9.17) is 6.42 Å². The molecule has 0 heterocycles. The van der Waals surface area contributed by atoms with E-state index in [1.54, 1.807) is 0 Å². The maximum atomic E-state index is 10.1. The van der Waals surface area contributed by atoms with Crippen molar-refractivity contribution in [1.29, 1.82) is 0 Å². The molecule has 2 aliphatic carbocycles. The van der Waals surface area contributed by atoms with Gasteiger partial charge in [0.25, 0.3) is 0 Å². The Balaban J connectivity index is 2.20. The highest BCUT2D eigenvalue weighted by Crippen LogP contribution is 2.54. The second-order valence-electron chi connectivity index (χ2n) is 5.69. The molecule has 0 radical (unpaired) electrons. The molecule has 0 aliphatic heterocycles. The van der Waals surface area contributed by atoms with Crippen LogP contribution in [0.1, 0.15) is 46.0 Å². The molecule has 0 unspecified atom stereocenters. The van der Waals surface area contributed by atoms with Crippen molar-refractivity contribution in [2.75, 3.05) is 0 Å². The lowest BCUT2D eigenvalue weighted by Crippen LogP contribution is -2.39. The molecular weight excluding hydrogens is 196 g/mol. The summed E-state index contributed by atoms with van der Waals surface area (Å²) in [5, 5.41) is 10.1. The van der Waals surface area contributed by atoms with Crippen molar-refractivity contribution in [1.82, 2.24) is 0 Å². The van der Waals surface area contributed by atoms with Crippen LogP contribution in [0.5, 0.6) is 0 Å². The molecule has 4 atom stereocenters. The zero-order chi connectivity index (χ0) is 11.8. The van der Waals surface area contributed by atoms with E-state index < -0.39 is 0 Å². The Morgan fingerprint density at radius 3 is 3.12 bits per heavy atom. The van der Waals surface area contributed by atoms with E-state index in [-0.39, 0.29) is 11.5 Å². The summed E-state index contributed by atoms with van der Waals surface area (Å²) in [4.78, 5) is 0. The van der Waals surface area contributed by atoms with Gasteiger partial charge in [-0.05, 0) is 42.9 Å². The van der Waals surface area contributed by atoms with Gasteiger partial charge in [-0.25, -0.2) is 0 Å². The number of hydrogen-bond acceptors (Lipinski definition) is 1. The first kappa shape index (κ1) is 11.7. The van der Waals surface area contributed by atoms with Crippen LogP contribution in [-0.4, -0.2) is 11.2 Å². The maximum Gasteiger partial charge on any atom is 0.0579 e. The molecule has 1 nitrogen and oxygen atoms in total. The third-order valence-electron chi connectivity index (χ3n) is 4.68. The summed E-state index contributed by atoms with van der Waals surface area (Å²) >= 11 is 0. The average molecular weight is 218 g/mol. The smallest absolute Gasteiger partial charge is 0.0579 e. The summed E-state index contributed by atoms with van der Waals surface area (Å²) in [6.45, 7) is 4.55. The fraction of sp³-hybridized carbons (Fsp3) is 0.733. The van der Waals surface area contributed by atoms with E-state index in [0.29, 0.717) is 11.8 Å². The molecule has 2 rings (SSSR count). The van der Waals surface area contributed by atoms with E-state index in [1.165, 1.54) is 12.0 Å². The van der Waals surface area contributed by atoms with Gasteiger partial charge in [0.1, 0.15) is 0 Å². The van der Waals surface area contributed by atoms with E-state index in [0.717, 1.165) is 25.7 Å². The molecule has 0 aromatic rings. The molecule has 0 bridgehead atoms. The molecule has 88 valence electrons. The van der Waals surface area contributed by atoms with E-state index in [1.807, 2.05) is 0 Å². The quantitative estimate of drug-likeness (QED) is 0.557. The van der Waals surface area contributed by atoms with Crippen LogP contribution in [-0.2, 0) is 0 Å². The summed E-state index contributed by atoms with van der Waals surface area (Å²) in [6.07, 6.45) is 12.9. The lowest BCUT2D eigenvalue weighted by molar-refractivity contribution is 0.00809. The first-order chi connectivity index (χ1) is 7.59. The Labute approximate surface area is 98.9 Å². The van der Waals surface area contributed by atoms with E-state index in [2.05, 4.69) is 25.8 Å². The molecule has 0 saturated heterocycles. The predicted molar refractivity (Wildman–Crippen MR) is 66.8 cm³/mol. The predicted octanol–water partition coefficient (Wildman–Crippen LogP) is 3.14. The average Bonchev–Trinajstić information content (AvgIpc) is 2.57. The summed E-state index contributed by atoms with van der Waals surface area (Å²) in [5.41, 5.74) is 1.72. The zero-order valence-corrected chi connectivity index (χ0v) is 10.4. The lowest BCUT2D eigenvalue weighted by Gasteiger charge is -2.43. The van der Waals surface area contributed by atoms with Crippen molar-refractivity contribution in [2.24, 2.45) is 17.3 Å². The Morgan fingerprint density at radius 1 is 1.69 bits per heavy atom. The van der Waals surface area contributed by atoms with Crippen LogP contribution in [0.2, 0.25) is 0 Å². The molecule has 0 amide bonds. The van der Waals surface area contributed by atoms with Gasteiger partial charge in [0.2, 0.25) is 0 Å². The lowest BCUT2D eigenvalue weighted by atomic mass is 9.63. The topological polar surface area (TPSA) is 20.2 Å². The largest absolute Gasteiger partial charge is 0.393 e. The molecule has 1 heteroatoms. The van der Waals surface area contributed by atoms with Gasteiger partial charge in [-0.1, -0.05) is 25.5 Å². The molecule has 0 aromatic heterocycles. The Hall–Kier alpha value is -0.740. The van der Waals surface area contributed by atoms with Gasteiger partial charge in [0.15, 0.2) is 0 Å². The Kier molecular flexibility index (Phi) is 3.13. The highest BCUT2D eigenvalue weighted by molar-refractivity contribution is 5.27. The highest BCUT2D eigenvalue weighted by Gasteiger charge is 2.47. The minimum absolute atomic E-state index is 0.106. The van der Waals surface area contributed by atoms with Gasteiger partial charge in [-0.15, -0.1) is 12.3 Å². The monoisotopic (exact) mass is 218 g/mol. The molecule has 2 aliphatic rings. The van der Waals surface area contributed by atoms with Gasteiger partial charge in [-0.3, -0.25) is 0 Å². The van der Waals surface area contributed by atoms with Crippen molar-refractivity contribution < 1.29 is 5.11 Å². The zero-order valence-electron chi connectivity index (χ0n) is 10.4. The molecule has 16 heavy (non-hydrogen) atoms. The summed E-state index contributed by atoms with van der Waals surface area (Å²) in [6, 6.07) is 0. The van der Waals surface area contributed by atoms with Crippen molar-refractivity contribution >= 4 is 0 Å². The molecule has 1 N–H and O–H groups in total. The van der Waals surface area contributed by atoms with Crippen LogP contribution < -0.4 is 0 Å². The van der Waals surface area contributed by atoms with Crippen LogP contribution in [0.3, 0.4) is 0 Å². The Morgan fingerprint density at radius 2 is 2.44 bits per heavy atom. The van der Waals surface area contributed by atoms with Crippen LogP contribution in [0, 0.1) is 29.6 Å². The maximum absolute atomic E-state index is 10.1. The number of terminal acetylenes is 1. The van der Waals surface area contributed by atoms with Crippen molar-refractivity contribution in [3.63, 3.8) is 0 Å². The van der Waals surface area contributed by atoms with E-state index in [9.17, 15) is 5.11 Å². The number of aliphatic hydroxyl groups is 1. The van der Waals surface area contributed by atoms with Crippen LogP contribution >= 0.6 is 0 Å². The third-order valence-corrected chi connectivity index (χ3v) is 4.68. The first-order valence-electron chi connectivity index (χ1n) is 6.41. The van der Waals surface area contributed by atoms with Crippen molar-refractivity contribution in [3.05, 3.63) is 11.6 Å². The molecular formula is C15H22O. The van der Waals surface area contributed by atoms with Gasteiger partial charge >= 0.3 is 0 Å². The molecule has 0 aromatic carbocycles. The van der Waals surface area contributed by atoms with E-state index >= 15 is 0 Å². The van der Waals surface area contributed by atoms with Crippen LogP contribution in [0.25, 0.3) is 0 Å². The van der Waals surface area contributed by atoms with Crippen molar-refractivity contribution in [3.8, 4) is 12.3 Å². The molecule has 1 saturated carbocycles. The number of hydrogen-bond donors (Lipinski definition) is 1. The van der Waals surface area contributed by atoms with Crippen LogP contribution in [0.4, 0.5) is 0 Å². The highest BCUT2D eigenvalue weighted by atomic mass is 16.3. The third kappa shape index (κ3) is 1.70. The van der Waals surface area contributed by atoms with Crippen molar-refractivity contribution in [2.45, 2.75) is 52.1 Å². The van der Waals surface area contributed by atoms with Gasteiger partial charge in [0, 0.05) is 6.42 Å². The SMILES string of the molecule is C#CC[C@H](C)C1=CC[C@H]2[C@@H](O)CCC[C@]12C. The first-order valence-corrected chi connectivity index (χ1v) is 6.41. The van der Waals surface area contributed by atoms with Gasteiger partial charge < -0.3 is 5.11 Å². The summed E-state index contributed by atoms with van der Waals surface area (Å²) < 4.78 is 0. The minimum atomic E-state index is -0.106. The number of rotatable bonds is 2. The normalized spacial score (nSPS) is 39.8. The second-order valence-corrected chi connectivity index (χ2v) is 5.69. The number of aliphatic hydroxyl groups excluding tert-OH is 1. The fourth-order valence-corrected chi connectivity index (χ4v) is 3.80. The van der Waals surface area contributed by atoms with Gasteiger partial charge in [-0.2, -0.15) is 0 Å². The fourth-order valence-electron chi connectivity index (χ4n) is 3.80. The minimum Gasteiger partial charge on any atom is -0.393 e.